The molecule has 0 saturated heterocycles. The van der Waals surface area contributed by atoms with E-state index in [0.717, 1.165) is 12.2 Å². The average molecular weight is 250 g/mol. The van der Waals surface area contributed by atoms with Crippen LogP contribution in [0.1, 0.15) is 17.4 Å². The average Bonchev–Trinajstić information content (AvgIpc) is 2.37. The number of hydrogen-bond donors (Lipinski definition) is 1. The molecule has 1 unspecified atom stereocenters. The van der Waals surface area contributed by atoms with Gasteiger partial charge in [0, 0.05) is 39.6 Å². The largest absolute Gasteiger partial charge is 0.374 e. The van der Waals surface area contributed by atoms with Crippen molar-refractivity contribution in [1.82, 2.24) is 9.88 Å². The van der Waals surface area contributed by atoms with Crippen molar-refractivity contribution in [3.63, 3.8) is 0 Å². The van der Waals surface area contributed by atoms with Gasteiger partial charge in [-0.05, 0) is 24.6 Å². The Morgan fingerprint density at radius 1 is 1.44 bits per heavy atom. The monoisotopic (exact) mass is 250 g/mol. The highest BCUT2D eigenvalue weighted by molar-refractivity contribution is 5.92. The van der Waals surface area contributed by atoms with Crippen molar-refractivity contribution in [3.8, 4) is 0 Å². The van der Waals surface area contributed by atoms with Crippen LogP contribution in [0.4, 0.5) is 5.69 Å². The normalized spacial score (nSPS) is 12.1. The second-order valence-electron chi connectivity index (χ2n) is 4.82. The SMILES string of the molecule is CC(CN)CN(C)c1ccnc(C(=O)N(C)C)c1. The fraction of sp³-hybridized carbons (Fsp3) is 0.538. The lowest BCUT2D eigenvalue weighted by Gasteiger charge is -2.23. The molecule has 0 fully saturated rings. The van der Waals surface area contributed by atoms with Crippen LogP contribution in [0.3, 0.4) is 0 Å². The molecule has 0 aliphatic rings. The molecule has 1 aromatic rings. The first kappa shape index (κ1) is 14.4. The van der Waals surface area contributed by atoms with Crippen LogP contribution in [0.2, 0.25) is 0 Å². The van der Waals surface area contributed by atoms with Crippen LogP contribution in [-0.4, -0.2) is 50.0 Å². The summed E-state index contributed by atoms with van der Waals surface area (Å²) < 4.78 is 0. The van der Waals surface area contributed by atoms with Crippen LogP contribution in [0, 0.1) is 5.92 Å². The highest BCUT2D eigenvalue weighted by atomic mass is 16.2. The molecule has 5 nitrogen and oxygen atoms in total. The molecule has 2 N–H and O–H groups in total. The molecule has 0 saturated carbocycles. The van der Waals surface area contributed by atoms with Gasteiger partial charge in [-0.3, -0.25) is 9.78 Å². The maximum Gasteiger partial charge on any atom is 0.272 e. The van der Waals surface area contributed by atoms with E-state index in [1.165, 1.54) is 4.90 Å². The Morgan fingerprint density at radius 3 is 2.67 bits per heavy atom. The molecular weight excluding hydrogens is 228 g/mol. The van der Waals surface area contributed by atoms with Crippen molar-refractivity contribution in [2.45, 2.75) is 6.92 Å². The lowest BCUT2D eigenvalue weighted by molar-refractivity contribution is 0.0822. The minimum atomic E-state index is -0.0860. The lowest BCUT2D eigenvalue weighted by Crippen LogP contribution is -2.29. The third-order valence-corrected chi connectivity index (χ3v) is 2.80. The quantitative estimate of drug-likeness (QED) is 0.840. The maximum atomic E-state index is 11.8. The Bertz CT molecular complexity index is 406. The fourth-order valence-electron chi connectivity index (χ4n) is 1.65. The summed E-state index contributed by atoms with van der Waals surface area (Å²) in [6.45, 7) is 3.61. The summed E-state index contributed by atoms with van der Waals surface area (Å²) in [4.78, 5) is 19.5. The van der Waals surface area contributed by atoms with Gasteiger partial charge in [-0.25, -0.2) is 0 Å². The first-order valence-electron chi connectivity index (χ1n) is 6.04. The van der Waals surface area contributed by atoms with E-state index in [1.54, 1.807) is 20.3 Å². The summed E-state index contributed by atoms with van der Waals surface area (Å²) in [5.41, 5.74) is 7.06. The van der Waals surface area contributed by atoms with Gasteiger partial charge in [-0.15, -0.1) is 0 Å². The molecule has 0 aliphatic heterocycles. The molecule has 5 heteroatoms. The summed E-state index contributed by atoms with van der Waals surface area (Å²) in [5.74, 6) is 0.327. The van der Waals surface area contributed by atoms with Crippen LogP contribution in [0.25, 0.3) is 0 Å². The van der Waals surface area contributed by atoms with Crippen LogP contribution in [0.5, 0.6) is 0 Å². The van der Waals surface area contributed by atoms with E-state index < -0.39 is 0 Å². The van der Waals surface area contributed by atoms with E-state index in [0.29, 0.717) is 18.2 Å². The number of carbonyl (C=O) groups excluding carboxylic acids is 1. The summed E-state index contributed by atoms with van der Waals surface area (Å²) in [7, 11) is 5.43. The minimum Gasteiger partial charge on any atom is -0.374 e. The van der Waals surface area contributed by atoms with Gasteiger partial charge in [0.1, 0.15) is 5.69 Å². The van der Waals surface area contributed by atoms with Gasteiger partial charge in [0.15, 0.2) is 0 Å². The van der Waals surface area contributed by atoms with Crippen molar-refractivity contribution in [2.24, 2.45) is 11.7 Å². The van der Waals surface area contributed by atoms with E-state index in [4.69, 9.17) is 5.73 Å². The Morgan fingerprint density at radius 2 is 2.11 bits per heavy atom. The standard InChI is InChI=1S/C13H22N4O/c1-10(8-14)9-17(4)11-5-6-15-12(7-11)13(18)16(2)3/h5-7,10H,8-9,14H2,1-4H3. The van der Waals surface area contributed by atoms with Gasteiger partial charge in [-0.1, -0.05) is 6.92 Å². The Balaban J connectivity index is 2.84. The fourth-order valence-corrected chi connectivity index (χ4v) is 1.65. The van der Waals surface area contributed by atoms with Crippen molar-refractivity contribution in [3.05, 3.63) is 24.0 Å². The molecule has 0 bridgehead atoms. The van der Waals surface area contributed by atoms with E-state index in [1.807, 2.05) is 19.2 Å². The van der Waals surface area contributed by atoms with Crippen LogP contribution in [-0.2, 0) is 0 Å². The second kappa shape index (κ2) is 6.35. The summed E-state index contributed by atoms with van der Waals surface area (Å²) >= 11 is 0. The highest BCUT2D eigenvalue weighted by Crippen LogP contribution is 2.15. The summed E-state index contributed by atoms with van der Waals surface area (Å²) in [5, 5.41) is 0. The van der Waals surface area contributed by atoms with Crippen LogP contribution < -0.4 is 10.6 Å². The lowest BCUT2D eigenvalue weighted by atomic mass is 10.1. The predicted octanol–water partition coefficient (Wildman–Crippen LogP) is 0.814. The van der Waals surface area contributed by atoms with Gasteiger partial charge in [0.25, 0.3) is 5.91 Å². The van der Waals surface area contributed by atoms with Gasteiger partial charge >= 0.3 is 0 Å². The molecule has 1 heterocycles. The molecule has 18 heavy (non-hydrogen) atoms. The molecule has 0 aliphatic carbocycles. The van der Waals surface area contributed by atoms with E-state index in [2.05, 4.69) is 16.8 Å². The van der Waals surface area contributed by atoms with Gasteiger partial charge in [0.2, 0.25) is 0 Å². The Labute approximate surface area is 109 Å². The third kappa shape index (κ3) is 3.70. The zero-order valence-electron chi connectivity index (χ0n) is 11.6. The van der Waals surface area contributed by atoms with E-state index >= 15 is 0 Å². The summed E-state index contributed by atoms with van der Waals surface area (Å²) in [6.07, 6.45) is 1.66. The van der Waals surface area contributed by atoms with Gasteiger partial charge in [-0.2, -0.15) is 0 Å². The number of rotatable bonds is 5. The number of carbonyl (C=O) groups is 1. The van der Waals surface area contributed by atoms with Crippen LogP contribution >= 0.6 is 0 Å². The van der Waals surface area contributed by atoms with Gasteiger partial charge < -0.3 is 15.5 Å². The summed E-state index contributed by atoms with van der Waals surface area (Å²) in [6, 6.07) is 3.71. The molecule has 0 spiro atoms. The van der Waals surface area contributed by atoms with Crippen molar-refractivity contribution >= 4 is 11.6 Å². The molecule has 0 aromatic carbocycles. The first-order chi connectivity index (χ1) is 8.45. The predicted molar refractivity (Wildman–Crippen MR) is 73.7 cm³/mol. The van der Waals surface area contributed by atoms with E-state index in [9.17, 15) is 4.79 Å². The molecule has 0 radical (unpaired) electrons. The second-order valence-corrected chi connectivity index (χ2v) is 4.82. The Hall–Kier alpha value is -1.62. The zero-order valence-corrected chi connectivity index (χ0v) is 11.6. The number of pyridine rings is 1. The number of amides is 1. The number of hydrogen-bond acceptors (Lipinski definition) is 4. The first-order valence-corrected chi connectivity index (χ1v) is 6.04. The molecule has 1 amide bonds. The number of aromatic nitrogens is 1. The highest BCUT2D eigenvalue weighted by Gasteiger charge is 2.12. The van der Waals surface area contributed by atoms with Crippen molar-refractivity contribution in [2.75, 3.05) is 39.1 Å². The number of nitrogens with zero attached hydrogens (tertiary/aromatic N) is 3. The molecule has 100 valence electrons. The van der Waals surface area contributed by atoms with Crippen LogP contribution in [0.15, 0.2) is 18.3 Å². The van der Waals surface area contributed by atoms with Crippen molar-refractivity contribution in [1.29, 1.82) is 0 Å². The topological polar surface area (TPSA) is 62.5 Å². The minimum absolute atomic E-state index is 0.0860. The Kier molecular flexibility index (Phi) is 5.09. The smallest absolute Gasteiger partial charge is 0.272 e. The third-order valence-electron chi connectivity index (χ3n) is 2.80. The number of anilines is 1. The van der Waals surface area contributed by atoms with Crippen molar-refractivity contribution < 1.29 is 4.79 Å². The number of nitrogens with two attached hydrogens (primary N) is 1. The van der Waals surface area contributed by atoms with Gasteiger partial charge in [0.05, 0.1) is 0 Å². The molecule has 1 rings (SSSR count). The molecular formula is C13H22N4O. The van der Waals surface area contributed by atoms with E-state index in [-0.39, 0.29) is 5.91 Å². The zero-order chi connectivity index (χ0) is 13.7. The maximum absolute atomic E-state index is 11.8. The molecule has 1 atom stereocenters. The molecule has 1 aromatic heterocycles.